The van der Waals surface area contributed by atoms with Gasteiger partial charge in [-0.2, -0.15) is 0 Å². The molecule has 1 aliphatic heterocycles. The molecule has 0 aromatic carbocycles. The molecule has 1 heterocycles. The lowest BCUT2D eigenvalue weighted by Crippen LogP contribution is -2.51. The third-order valence-electron chi connectivity index (χ3n) is 6.78. The number of allylic oxidation sites excluding steroid dienone is 2. The van der Waals surface area contributed by atoms with Gasteiger partial charge in [-0.1, -0.05) is 26.0 Å². The van der Waals surface area contributed by atoms with E-state index >= 15 is 0 Å². The number of amides is 3. The van der Waals surface area contributed by atoms with Gasteiger partial charge in [0.1, 0.15) is 12.3 Å². The quantitative estimate of drug-likeness (QED) is 0.351. The molecule has 3 aliphatic rings. The number of carbonyl (C=O) groups excluding carboxylic acids is 4. The SMILES string of the molecule is CC(C)C[C@H](NC(=O)OC[C@@H]1C[C@@H]2C=CC[C@@H](C2)C1)C(=O)N[C@H](C=O)C[C@@H]1CCNC1=O. The summed E-state index contributed by atoms with van der Waals surface area (Å²) in [6.45, 7) is 4.87. The van der Waals surface area contributed by atoms with Crippen molar-refractivity contribution in [3.8, 4) is 0 Å². The zero-order chi connectivity index (χ0) is 23.1. The Kier molecular flexibility index (Phi) is 8.70. The Morgan fingerprint density at radius 2 is 2.06 bits per heavy atom. The van der Waals surface area contributed by atoms with Crippen LogP contribution >= 0.6 is 0 Å². The number of ether oxygens (including phenoxy) is 1. The lowest BCUT2D eigenvalue weighted by molar-refractivity contribution is -0.127. The summed E-state index contributed by atoms with van der Waals surface area (Å²) in [5.41, 5.74) is 0. The Labute approximate surface area is 190 Å². The highest BCUT2D eigenvalue weighted by Crippen LogP contribution is 2.39. The molecule has 0 radical (unpaired) electrons. The number of nitrogens with one attached hydrogen (secondary N) is 3. The third kappa shape index (κ3) is 7.07. The van der Waals surface area contributed by atoms with E-state index in [1.54, 1.807) is 0 Å². The van der Waals surface area contributed by atoms with Crippen LogP contribution in [0.5, 0.6) is 0 Å². The zero-order valence-electron chi connectivity index (χ0n) is 19.2. The van der Waals surface area contributed by atoms with Crippen LogP contribution in [0.2, 0.25) is 0 Å². The number of hydrogen-bond donors (Lipinski definition) is 3. The first-order valence-electron chi connectivity index (χ1n) is 12.0. The van der Waals surface area contributed by atoms with Crippen molar-refractivity contribution in [3.05, 3.63) is 12.2 Å². The van der Waals surface area contributed by atoms with Gasteiger partial charge in [0.15, 0.2) is 0 Å². The second-order valence-corrected chi connectivity index (χ2v) is 10.1. The summed E-state index contributed by atoms with van der Waals surface area (Å²) in [4.78, 5) is 48.6. The normalized spacial score (nSPS) is 28.5. The highest BCUT2D eigenvalue weighted by atomic mass is 16.5. The van der Waals surface area contributed by atoms with Crippen molar-refractivity contribution in [1.29, 1.82) is 0 Å². The Balaban J connectivity index is 1.48. The summed E-state index contributed by atoms with van der Waals surface area (Å²) in [5.74, 6) is 0.974. The maximum atomic E-state index is 12.8. The monoisotopic (exact) mass is 447 g/mol. The first-order valence-corrected chi connectivity index (χ1v) is 12.0. The maximum absolute atomic E-state index is 12.8. The number of hydrogen-bond acceptors (Lipinski definition) is 5. The molecule has 0 unspecified atom stereocenters. The van der Waals surface area contributed by atoms with E-state index in [0.29, 0.717) is 50.0 Å². The molecule has 2 bridgehead atoms. The zero-order valence-corrected chi connectivity index (χ0v) is 19.2. The van der Waals surface area contributed by atoms with Crippen LogP contribution in [-0.2, 0) is 19.1 Å². The minimum Gasteiger partial charge on any atom is -0.449 e. The molecule has 0 aromatic heterocycles. The van der Waals surface area contributed by atoms with Crippen LogP contribution in [-0.4, -0.2) is 49.4 Å². The summed E-state index contributed by atoms with van der Waals surface area (Å²) in [7, 11) is 0. The van der Waals surface area contributed by atoms with E-state index in [1.807, 2.05) is 13.8 Å². The average Bonchev–Trinajstić information content (AvgIpc) is 3.15. The van der Waals surface area contributed by atoms with Gasteiger partial charge in [-0.05, 0) is 68.6 Å². The van der Waals surface area contributed by atoms with Crippen LogP contribution in [0.1, 0.15) is 58.8 Å². The van der Waals surface area contributed by atoms with Gasteiger partial charge < -0.3 is 25.5 Å². The van der Waals surface area contributed by atoms with Crippen molar-refractivity contribution in [2.75, 3.05) is 13.2 Å². The number of alkyl carbamates (subject to hydrolysis) is 1. The fraction of sp³-hybridized carbons (Fsp3) is 0.750. The molecular weight excluding hydrogens is 410 g/mol. The van der Waals surface area contributed by atoms with Crippen LogP contribution in [0.25, 0.3) is 0 Å². The lowest BCUT2D eigenvalue weighted by Gasteiger charge is -2.35. The van der Waals surface area contributed by atoms with Crippen LogP contribution in [0, 0.1) is 29.6 Å². The Morgan fingerprint density at radius 3 is 2.72 bits per heavy atom. The molecule has 0 aromatic rings. The minimum absolute atomic E-state index is 0.0890. The van der Waals surface area contributed by atoms with E-state index in [2.05, 4.69) is 28.1 Å². The first-order chi connectivity index (χ1) is 15.3. The second-order valence-electron chi connectivity index (χ2n) is 10.1. The summed E-state index contributed by atoms with van der Waals surface area (Å²) in [6, 6.07) is -1.56. The molecule has 8 nitrogen and oxygen atoms in total. The topological polar surface area (TPSA) is 114 Å². The molecule has 8 heteroatoms. The predicted molar refractivity (Wildman–Crippen MR) is 120 cm³/mol. The predicted octanol–water partition coefficient (Wildman–Crippen LogP) is 2.33. The van der Waals surface area contributed by atoms with Crippen LogP contribution in [0.4, 0.5) is 4.79 Å². The molecule has 178 valence electrons. The van der Waals surface area contributed by atoms with Gasteiger partial charge in [0.2, 0.25) is 11.8 Å². The van der Waals surface area contributed by atoms with Gasteiger partial charge in [0.25, 0.3) is 0 Å². The summed E-state index contributed by atoms with van der Waals surface area (Å²) < 4.78 is 5.49. The summed E-state index contributed by atoms with van der Waals surface area (Å²) in [5, 5.41) is 8.12. The fourth-order valence-corrected chi connectivity index (χ4v) is 5.25. The molecule has 1 saturated heterocycles. The van der Waals surface area contributed by atoms with Gasteiger partial charge in [-0.15, -0.1) is 0 Å². The molecule has 1 saturated carbocycles. The standard InChI is InChI=1S/C24H37N3O5/c1-15(2)8-21(23(30)26-20(13-28)12-19-6-7-25-22(19)29)27-24(31)32-14-18-10-16-4-3-5-17(9-16)11-18/h3-4,13,15-21H,5-12,14H2,1-2H3,(H,25,29)(H,26,30)(H,27,31)/t16-,17+,18-,19+,20+,21+/m1/s1. The van der Waals surface area contributed by atoms with Gasteiger partial charge >= 0.3 is 6.09 Å². The number of carbonyl (C=O) groups is 4. The molecule has 0 spiro atoms. The van der Waals surface area contributed by atoms with Gasteiger partial charge in [0, 0.05) is 12.5 Å². The maximum Gasteiger partial charge on any atom is 0.407 e. The summed E-state index contributed by atoms with van der Waals surface area (Å²) >= 11 is 0. The van der Waals surface area contributed by atoms with E-state index in [-0.39, 0.29) is 24.2 Å². The molecule has 3 rings (SSSR count). The van der Waals surface area contributed by atoms with E-state index in [0.717, 1.165) is 19.3 Å². The second kappa shape index (κ2) is 11.5. The number of aldehydes is 1. The van der Waals surface area contributed by atoms with Crippen molar-refractivity contribution >= 4 is 24.2 Å². The van der Waals surface area contributed by atoms with Crippen LogP contribution < -0.4 is 16.0 Å². The van der Waals surface area contributed by atoms with Crippen molar-refractivity contribution < 1.29 is 23.9 Å². The molecule has 3 amide bonds. The number of fused-ring (bicyclic) bond motifs is 2. The van der Waals surface area contributed by atoms with Crippen molar-refractivity contribution in [1.82, 2.24) is 16.0 Å². The Bertz CT molecular complexity index is 722. The first kappa shape index (κ1) is 24.3. The molecule has 2 fully saturated rings. The smallest absolute Gasteiger partial charge is 0.407 e. The highest BCUT2D eigenvalue weighted by Gasteiger charge is 2.32. The Hall–Kier alpha value is -2.38. The van der Waals surface area contributed by atoms with Crippen LogP contribution in [0.3, 0.4) is 0 Å². The third-order valence-corrected chi connectivity index (χ3v) is 6.78. The molecule has 6 atom stereocenters. The average molecular weight is 448 g/mol. The van der Waals surface area contributed by atoms with Crippen molar-refractivity contribution in [2.45, 2.75) is 70.9 Å². The minimum atomic E-state index is -0.795. The fourth-order valence-electron chi connectivity index (χ4n) is 5.25. The largest absolute Gasteiger partial charge is 0.449 e. The Morgan fingerprint density at radius 1 is 1.25 bits per heavy atom. The van der Waals surface area contributed by atoms with E-state index in [1.165, 1.54) is 6.42 Å². The van der Waals surface area contributed by atoms with Gasteiger partial charge in [-0.3, -0.25) is 9.59 Å². The van der Waals surface area contributed by atoms with E-state index in [9.17, 15) is 19.2 Å². The van der Waals surface area contributed by atoms with Gasteiger partial charge in [0.05, 0.1) is 12.6 Å². The highest BCUT2D eigenvalue weighted by molar-refractivity contribution is 5.88. The van der Waals surface area contributed by atoms with E-state index in [4.69, 9.17) is 4.74 Å². The van der Waals surface area contributed by atoms with Gasteiger partial charge in [-0.25, -0.2) is 4.79 Å². The summed E-state index contributed by atoms with van der Waals surface area (Å²) in [6.07, 6.45) is 10.4. The van der Waals surface area contributed by atoms with Crippen LogP contribution in [0.15, 0.2) is 12.2 Å². The van der Waals surface area contributed by atoms with Crippen molar-refractivity contribution in [2.24, 2.45) is 29.6 Å². The molecular formula is C24H37N3O5. The number of rotatable bonds is 10. The molecule has 3 N–H and O–H groups in total. The van der Waals surface area contributed by atoms with Crippen molar-refractivity contribution in [3.63, 3.8) is 0 Å². The lowest BCUT2D eigenvalue weighted by atomic mass is 9.71. The molecule has 32 heavy (non-hydrogen) atoms. The van der Waals surface area contributed by atoms with E-state index < -0.39 is 24.1 Å². The molecule has 2 aliphatic carbocycles.